The number of hydrogen-bond donors (Lipinski definition) is 1. The number of rotatable bonds is 7. The highest BCUT2D eigenvalue weighted by Crippen LogP contribution is 2.28. The number of likely N-dealkylation sites (N-methyl/N-ethyl adjacent to an activating group) is 1. The predicted octanol–water partition coefficient (Wildman–Crippen LogP) is 3.21. The first-order chi connectivity index (χ1) is 10.6. The molecule has 0 bridgehead atoms. The Balaban J connectivity index is 1.77. The lowest BCUT2D eigenvalue weighted by Crippen LogP contribution is -2.37. The number of amides is 2. The molecule has 22 heavy (non-hydrogen) atoms. The van der Waals surface area contributed by atoms with Gasteiger partial charge in [-0.3, -0.25) is 9.59 Å². The third-order valence-corrected chi connectivity index (χ3v) is 5.05. The van der Waals surface area contributed by atoms with Crippen LogP contribution in [0.4, 0.5) is 5.13 Å². The van der Waals surface area contributed by atoms with Crippen LogP contribution in [0.15, 0.2) is 5.38 Å². The van der Waals surface area contributed by atoms with Gasteiger partial charge >= 0.3 is 0 Å². The SMILES string of the molecule is CCN(CC(=O)Nc1nc(C)cs1)C(=O)CCC1CCCC1. The van der Waals surface area contributed by atoms with Crippen molar-refractivity contribution in [3.8, 4) is 0 Å². The fraction of sp³-hybridized carbons (Fsp3) is 0.688. The Labute approximate surface area is 136 Å². The largest absolute Gasteiger partial charge is 0.334 e. The van der Waals surface area contributed by atoms with Crippen LogP contribution in [-0.2, 0) is 9.59 Å². The highest BCUT2D eigenvalue weighted by molar-refractivity contribution is 7.13. The van der Waals surface area contributed by atoms with Gasteiger partial charge in [0.1, 0.15) is 0 Å². The first kappa shape index (κ1) is 16.9. The van der Waals surface area contributed by atoms with E-state index in [1.807, 2.05) is 19.2 Å². The Kier molecular flexibility index (Phi) is 6.36. The zero-order valence-electron chi connectivity index (χ0n) is 13.4. The normalized spacial score (nSPS) is 15.0. The van der Waals surface area contributed by atoms with Crippen molar-refractivity contribution < 1.29 is 9.59 Å². The molecule has 1 saturated carbocycles. The smallest absolute Gasteiger partial charge is 0.245 e. The minimum absolute atomic E-state index is 0.0832. The van der Waals surface area contributed by atoms with Crippen molar-refractivity contribution in [2.45, 2.75) is 52.4 Å². The van der Waals surface area contributed by atoms with Crippen molar-refractivity contribution in [2.75, 3.05) is 18.4 Å². The molecule has 0 radical (unpaired) electrons. The number of anilines is 1. The topological polar surface area (TPSA) is 62.3 Å². The minimum atomic E-state index is -0.176. The molecule has 5 nitrogen and oxygen atoms in total. The van der Waals surface area contributed by atoms with Gasteiger partial charge in [0, 0.05) is 18.3 Å². The summed E-state index contributed by atoms with van der Waals surface area (Å²) in [4.78, 5) is 30.1. The molecule has 1 aliphatic rings. The molecular weight excluding hydrogens is 298 g/mol. The number of nitrogens with zero attached hydrogens (tertiary/aromatic N) is 2. The molecule has 2 amide bonds. The Hall–Kier alpha value is -1.43. The van der Waals surface area contributed by atoms with Crippen molar-refractivity contribution >= 4 is 28.3 Å². The van der Waals surface area contributed by atoms with Gasteiger partial charge in [-0.2, -0.15) is 0 Å². The first-order valence-electron chi connectivity index (χ1n) is 8.08. The van der Waals surface area contributed by atoms with E-state index in [1.54, 1.807) is 4.90 Å². The van der Waals surface area contributed by atoms with E-state index in [-0.39, 0.29) is 18.4 Å². The molecule has 0 saturated heterocycles. The lowest BCUT2D eigenvalue weighted by atomic mass is 10.0. The van der Waals surface area contributed by atoms with Crippen molar-refractivity contribution in [1.29, 1.82) is 0 Å². The Morgan fingerprint density at radius 1 is 1.41 bits per heavy atom. The van der Waals surface area contributed by atoms with Crippen LogP contribution in [0, 0.1) is 12.8 Å². The molecule has 0 atom stereocenters. The molecule has 2 rings (SSSR count). The molecule has 1 aliphatic carbocycles. The summed E-state index contributed by atoms with van der Waals surface area (Å²) in [5.74, 6) is 0.611. The van der Waals surface area contributed by atoms with Gasteiger partial charge in [-0.25, -0.2) is 4.98 Å². The van der Waals surface area contributed by atoms with Gasteiger partial charge < -0.3 is 10.2 Å². The maximum absolute atomic E-state index is 12.3. The molecule has 1 heterocycles. The van der Waals surface area contributed by atoms with E-state index >= 15 is 0 Å². The standard InChI is InChI=1S/C16H25N3O2S/c1-3-19(15(21)9-8-13-6-4-5-7-13)10-14(20)18-16-17-12(2)11-22-16/h11,13H,3-10H2,1-2H3,(H,17,18,20). The number of aryl methyl sites for hydroxylation is 1. The van der Waals surface area contributed by atoms with Crippen LogP contribution in [0.5, 0.6) is 0 Å². The predicted molar refractivity (Wildman–Crippen MR) is 88.9 cm³/mol. The first-order valence-corrected chi connectivity index (χ1v) is 8.96. The van der Waals surface area contributed by atoms with E-state index in [0.717, 1.165) is 12.1 Å². The number of nitrogens with one attached hydrogen (secondary N) is 1. The summed E-state index contributed by atoms with van der Waals surface area (Å²) >= 11 is 1.40. The van der Waals surface area contributed by atoms with Crippen molar-refractivity contribution in [1.82, 2.24) is 9.88 Å². The van der Waals surface area contributed by atoms with Gasteiger partial charge in [-0.05, 0) is 26.2 Å². The Bertz CT molecular complexity index is 509. The lowest BCUT2D eigenvalue weighted by molar-refractivity contribution is -0.134. The van der Waals surface area contributed by atoms with E-state index in [2.05, 4.69) is 10.3 Å². The second-order valence-corrected chi connectivity index (χ2v) is 6.80. The number of aromatic nitrogens is 1. The number of carbonyl (C=O) groups is 2. The molecule has 1 aromatic rings. The summed E-state index contributed by atoms with van der Waals surface area (Å²) in [6.07, 6.45) is 6.62. The highest BCUT2D eigenvalue weighted by atomic mass is 32.1. The summed E-state index contributed by atoms with van der Waals surface area (Å²) in [6.45, 7) is 4.47. The van der Waals surface area contributed by atoms with E-state index < -0.39 is 0 Å². The van der Waals surface area contributed by atoms with E-state index in [4.69, 9.17) is 0 Å². The van der Waals surface area contributed by atoms with Gasteiger partial charge in [0.05, 0.1) is 12.2 Å². The van der Waals surface area contributed by atoms with Crippen LogP contribution in [0.25, 0.3) is 0 Å². The van der Waals surface area contributed by atoms with Crippen LogP contribution >= 0.6 is 11.3 Å². The fourth-order valence-corrected chi connectivity index (χ4v) is 3.61. The third-order valence-electron chi connectivity index (χ3n) is 4.18. The molecule has 1 aromatic heterocycles. The van der Waals surface area contributed by atoms with Crippen molar-refractivity contribution in [3.05, 3.63) is 11.1 Å². The summed E-state index contributed by atoms with van der Waals surface area (Å²) in [6, 6.07) is 0. The average Bonchev–Trinajstić information content (AvgIpc) is 3.14. The van der Waals surface area contributed by atoms with Crippen LogP contribution < -0.4 is 5.32 Å². The maximum Gasteiger partial charge on any atom is 0.245 e. The minimum Gasteiger partial charge on any atom is -0.334 e. The molecule has 0 unspecified atom stereocenters. The molecule has 6 heteroatoms. The van der Waals surface area contributed by atoms with Gasteiger partial charge in [-0.1, -0.05) is 25.7 Å². The molecule has 0 aliphatic heterocycles. The Morgan fingerprint density at radius 2 is 2.14 bits per heavy atom. The molecule has 0 spiro atoms. The molecular formula is C16H25N3O2S. The summed E-state index contributed by atoms with van der Waals surface area (Å²) in [5, 5.41) is 5.24. The van der Waals surface area contributed by atoms with Crippen molar-refractivity contribution in [2.24, 2.45) is 5.92 Å². The van der Waals surface area contributed by atoms with Crippen LogP contribution in [0.3, 0.4) is 0 Å². The number of carbonyl (C=O) groups excluding carboxylic acids is 2. The Morgan fingerprint density at radius 3 is 2.73 bits per heavy atom. The molecule has 0 aromatic carbocycles. The number of thiazole rings is 1. The highest BCUT2D eigenvalue weighted by Gasteiger charge is 2.20. The van der Waals surface area contributed by atoms with Gasteiger partial charge in [0.15, 0.2) is 5.13 Å². The molecule has 1 N–H and O–H groups in total. The van der Waals surface area contributed by atoms with Gasteiger partial charge in [-0.15, -0.1) is 11.3 Å². The quantitative estimate of drug-likeness (QED) is 0.838. The van der Waals surface area contributed by atoms with Crippen LogP contribution in [-0.4, -0.2) is 34.8 Å². The summed E-state index contributed by atoms with van der Waals surface area (Å²) in [7, 11) is 0. The molecule has 122 valence electrons. The van der Waals surface area contributed by atoms with Crippen molar-refractivity contribution in [3.63, 3.8) is 0 Å². The van der Waals surface area contributed by atoms with Crippen LogP contribution in [0.2, 0.25) is 0 Å². The second-order valence-electron chi connectivity index (χ2n) is 5.94. The average molecular weight is 323 g/mol. The van der Waals surface area contributed by atoms with Gasteiger partial charge in [0.2, 0.25) is 11.8 Å². The lowest BCUT2D eigenvalue weighted by Gasteiger charge is -2.21. The second kappa shape index (κ2) is 8.27. The third kappa shape index (κ3) is 5.09. The van der Waals surface area contributed by atoms with E-state index in [0.29, 0.717) is 24.0 Å². The summed E-state index contributed by atoms with van der Waals surface area (Å²) in [5.41, 5.74) is 0.889. The summed E-state index contributed by atoms with van der Waals surface area (Å²) < 4.78 is 0. The van der Waals surface area contributed by atoms with E-state index in [9.17, 15) is 9.59 Å². The monoisotopic (exact) mass is 323 g/mol. The zero-order chi connectivity index (χ0) is 15.9. The fourth-order valence-electron chi connectivity index (χ4n) is 2.90. The van der Waals surface area contributed by atoms with Crippen LogP contribution in [0.1, 0.15) is 51.1 Å². The van der Waals surface area contributed by atoms with Gasteiger partial charge in [0.25, 0.3) is 0 Å². The zero-order valence-corrected chi connectivity index (χ0v) is 14.2. The molecule has 1 fully saturated rings. The van der Waals surface area contributed by atoms with E-state index in [1.165, 1.54) is 37.0 Å². The maximum atomic E-state index is 12.3. The number of hydrogen-bond acceptors (Lipinski definition) is 4.